The second-order valence-corrected chi connectivity index (χ2v) is 5.45. The van der Waals surface area contributed by atoms with Gasteiger partial charge in [0.05, 0.1) is 17.3 Å². The lowest BCUT2D eigenvalue weighted by molar-refractivity contribution is -0.697. The van der Waals surface area contributed by atoms with Crippen molar-refractivity contribution in [1.29, 1.82) is 0 Å². The van der Waals surface area contributed by atoms with Gasteiger partial charge in [0.2, 0.25) is 0 Å². The Labute approximate surface area is 140 Å². The summed E-state index contributed by atoms with van der Waals surface area (Å²) in [6.07, 6.45) is 6.56. The van der Waals surface area contributed by atoms with Crippen molar-refractivity contribution in [2.75, 3.05) is 6.73 Å². The number of oxime groups is 1. The summed E-state index contributed by atoms with van der Waals surface area (Å²) in [6, 6.07) is 10.6. The molecule has 1 aliphatic heterocycles. The highest BCUT2D eigenvalue weighted by atomic mass is 16.6. The number of carbonyl (C=O) groups excluding carboxylic acids is 2. The van der Waals surface area contributed by atoms with Crippen molar-refractivity contribution in [3.05, 3.63) is 65.5 Å². The quantitative estimate of drug-likeness (QED) is 0.353. The van der Waals surface area contributed by atoms with Gasteiger partial charge < -0.3 is 4.84 Å². The molecule has 0 aliphatic carbocycles. The number of pyridine rings is 1. The van der Waals surface area contributed by atoms with Gasteiger partial charge in [-0.1, -0.05) is 24.2 Å². The van der Waals surface area contributed by atoms with E-state index in [9.17, 15) is 9.59 Å². The van der Waals surface area contributed by atoms with Gasteiger partial charge >= 0.3 is 0 Å². The summed E-state index contributed by atoms with van der Waals surface area (Å²) >= 11 is 0. The molecule has 1 aromatic carbocycles. The first-order valence-electron chi connectivity index (χ1n) is 7.80. The molecule has 1 aromatic heterocycles. The van der Waals surface area contributed by atoms with E-state index in [4.69, 9.17) is 4.84 Å². The Kier molecular flexibility index (Phi) is 4.65. The largest absolute Gasteiger partial charge is 0.373 e. The van der Waals surface area contributed by atoms with E-state index in [1.54, 1.807) is 30.5 Å². The first-order chi connectivity index (χ1) is 11.7. The number of hydrogen-bond acceptors (Lipinski definition) is 4. The van der Waals surface area contributed by atoms with Gasteiger partial charge in [-0.05, 0) is 12.1 Å². The first-order valence-corrected chi connectivity index (χ1v) is 7.80. The number of carbonyl (C=O) groups is 2. The number of nitrogens with zero attached hydrogens (tertiary/aromatic N) is 3. The van der Waals surface area contributed by atoms with E-state index >= 15 is 0 Å². The zero-order valence-corrected chi connectivity index (χ0v) is 13.4. The molecule has 1 aliphatic rings. The fourth-order valence-electron chi connectivity index (χ4n) is 2.51. The summed E-state index contributed by atoms with van der Waals surface area (Å²) < 4.78 is 2.08. The fourth-order valence-corrected chi connectivity index (χ4v) is 2.51. The van der Waals surface area contributed by atoms with Crippen molar-refractivity contribution < 1.29 is 19.0 Å². The Morgan fingerprint density at radius 3 is 2.29 bits per heavy atom. The highest BCUT2D eigenvalue weighted by Crippen LogP contribution is 2.21. The molecule has 0 fully saturated rings. The molecule has 0 radical (unpaired) electrons. The van der Waals surface area contributed by atoms with Crippen molar-refractivity contribution in [2.45, 2.75) is 19.9 Å². The van der Waals surface area contributed by atoms with Crippen LogP contribution in [0.4, 0.5) is 0 Å². The standard InChI is InChI=1S/C18H18N3O3/c1-2-9-20-10-7-14(8-11-20)12-19-24-13-21-17(22)15-5-3-4-6-16(15)18(21)23/h3-8,10-12H,2,9,13H2,1H3/q+1/b19-12+. The minimum Gasteiger partial charge on any atom is -0.373 e. The molecule has 0 bridgehead atoms. The zero-order valence-electron chi connectivity index (χ0n) is 13.4. The van der Waals surface area contributed by atoms with Crippen molar-refractivity contribution in [2.24, 2.45) is 5.16 Å². The number of benzene rings is 1. The maximum absolute atomic E-state index is 12.1. The van der Waals surface area contributed by atoms with Gasteiger partial charge in [0, 0.05) is 24.1 Å². The van der Waals surface area contributed by atoms with Crippen LogP contribution in [-0.2, 0) is 11.4 Å². The summed E-state index contributed by atoms with van der Waals surface area (Å²) in [6.45, 7) is 2.88. The van der Waals surface area contributed by atoms with E-state index in [1.165, 1.54) is 0 Å². The molecule has 2 amide bonds. The number of aryl methyl sites for hydroxylation is 1. The van der Waals surface area contributed by atoms with Gasteiger partial charge in [-0.25, -0.2) is 9.47 Å². The maximum Gasteiger partial charge on any atom is 0.264 e. The molecule has 0 saturated heterocycles. The number of fused-ring (bicyclic) bond motifs is 1. The highest BCUT2D eigenvalue weighted by Gasteiger charge is 2.35. The average molecular weight is 324 g/mol. The Balaban J connectivity index is 1.57. The predicted octanol–water partition coefficient (Wildman–Crippen LogP) is 1.99. The van der Waals surface area contributed by atoms with Crippen LogP contribution in [0.2, 0.25) is 0 Å². The fraction of sp³-hybridized carbons (Fsp3) is 0.222. The van der Waals surface area contributed by atoms with Crippen molar-refractivity contribution in [1.82, 2.24) is 4.90 Å². The summed E-state index contributed by atoms with van der Waals surface area (Å²) in [4.78, 5) is 30.4. The van der Waals surface area contributed by atoms with Crippen molar-refractivity contribution >= 4 is 18.0 Å². The average Bonchev–Trinajstić information content (AvgIpc) is 2.85. The maximum atomic E-state index is 12.1. The van der Waals surface area contributed by atoms with E-state index in [1.807, 2.05) is 24.5 Å². The van der Waals surface area contributed by atoms with Crippen molar-refractivity contribution in [3.8, 4) is 0 Å². The minimum atomic E-state index is -0.355. The second-order valence-electron chi connectivity index (χ2n) is 5.45. The molecule has 24 heavy (non-hydrogen) atoms. The summed E-state index contributed by atoms with van der Waals surface area (Å²) in [7, 11) is 0. The highest BCUT2D eigenvalue weighted by molar-refractivity contribution is 6.21. The molecule has 2 aromatic rings. The van der Waals surface area contributed by atoms with Gasteiger partial charge in [-0.2, -0.15) is 0 Å². The topological polar surface area (TPSA) is 62.9 Å². The van der Waals surface area contributed by atoms with E-state index < -0.39 is 0 Å². The van der Waals surface area contributed by atoms with Gasteiger partial charge in [0.1, 0.15) is 6.54 Å². The lowest BCUT2D eigenvalue weighted by Gasteiger charge is -2.11. The van der Waals surface area contributed by atoms with Crippen LogP contribution in [0.1, 0.15) is 39.6 Å². The van der Waals surface area contributed by atoms with Crippen LogP contribution in [0, 0.1) is 0 Å². The van der Waals surface area contributed by atoms with E-state index in [0.717, 1.165) is 23.4 Å². The molecular formula is C18H18N3O3+. The van der Waals surface area contributed by atoms with Crippen molar-refractivity contribution in [3.63, 3.8) is 0 Å². The van der Waals surface area contributed by atoms with Gasteiger partial charge in [-0.15, -0.1) is 0 Å². The lowest BCUT2D eigenvalue weighted by atomic mass is 10.1. The molecule has 0 atom stereocenters. The number of rotatable bonds is 6. The third-order valence-electron chi connectivity index (χ3n) is 3.74. The van der Waals surface area contributed by atoms with Gasteiger partial charge in [0.15, 0.2) is 19.1 Å². The molecule has 3 rings (SSSR count). The van der Waals surface area contributed by atoms with Gasteiger partial charge in [0.25, 0.3) is 11.8 Å². The predicted molar refractivity (Wildman–Crippen MR) is 87.4 cm³/mol. The van der Waals surface area contributed by atoms with Crippen LogP contribution in [0.25, 0.3) is 0 Å². The van der Waals surface area contributed by atoms with Crippen LogP contribution in [0.3, 0.4) is 0 Å². The molecule has 2 heterocycles. The van der Waals surface area contributed by atoms with Crippen LogP contribution in [0.5, 0.6) is 0 Å². The van der Waals surface area contributed by atoms with Gasteiger partial charge in [-0.3, -0.25) is 9.59 Å². The molecule has 6 nitrogen and oxygen atoms in total. The smallest absolute Gasteiger partial charge is 0.264 e. The number of amides is 2. The van der Waals surface area contributed by atoms with Crippen LogP contribution >= 0.6 is 0 Å². The number of hydrogen-bond donors (Lipinski definition) is 0. The van der Waals surface area contributed by atoms with E-state index in [0.29, 0.717) is 11.1 Å². The Hall–Kier alpha value is -3.02. The number of imide groups is 1. The van der Waals surface area contributed by atoms with E-state index in [2.05, 4.69) is 16.6 Å². The third kappa shape index (κ3) is 3.17. The second kappa shape index (κ2) is 7.04. The Morgan fingerprint density at radius 1 is 1.08 bits per heavy atom. The minimum absolute atomic E-state index is 0.203. The summed E-state index contributed by atoms with van der Waals surface area (Å²) in [5, 5.41) is 3.83. The van der Waals surface area contributed by atoms with Crippen LogP contribution < -0.4 is 4.57 Å². The molecular weight excluding hydrogens is 306 g/mol. The third-order valence-corrected chi connectivity index (χ3v) is 3.74. The molecule has 0 unspecified atom stereocenters. The van der Waals surface area contributed by atoms with Crippen LogP contribution in [-0.4, -0.2) is 29.7 Å². The molecule has 0 spiro atoms. The normalized spacial score (nSPS) is 13.6. The monoisotopic (exact) mass is 324 g/mol. The molecule has 0 saturated carbocycles. The Morgan fingerprint density at radius 2 is 1.71 bits per heavy atom. The Bertz CT molecular complexity index is 749. The molecule has 6 heteroatoms. The first kappa shape index (κ1) is 15.9. The zero-order chi connectivity index (χ0) is 16.9. The lowest BCUT2D eigenvalue weighted by Crippen LogP contribution is -2.32. The summed E-state index contributed by atoms with van der Waals surface area (Å²) in [5.74, 6) is -0.711. The van der Waals surface area contributed by atoms with E-state index in [-0.39, 0.29) is 18.5 Å². The number of aromatic nitrogens is 1. The molecule has 122 valence electrons. The summed E-state index contributed by atoms with van der Waals surface area (Å²) in [5.41, 5.74) is 1.68. The van der Waals surface area contributed by atoms with Crippen LogP contribution in [0.15, 0.2) is 53.9 Å². The molecule has 0 N–H and O–H groups in total. The SMILES string of the molecule is CCC[n+]1ccc(/C=N/OCN2C(=O)c3ccccc3C2=O)cc1.